The number of benzene rings is 3. The minimum absolute atomic E-state index is 0.0840. The Morgan fingerprint density at radius 1 is 0.938 bits per heavy atom. The highest BCUT2D eigenvalue weighted by Crippen LogP contribution is 2.23. The molecule has 0 aliphatic carbocycles. The fourth-order valence-corrected chi connectivity index (χ4v) is 4.67. The van der Waals surface area contributed by atoms with Gasteiger partial charge in [-0.3, -0.25) is 4.79 Å². The molecule has 0 heterocycles. The fourth-order valence-electron chi connectivity index (χ4n) is 3.38. The van der Waals surface area contributed by atoms with Gasteiger partial charge in [-0.15, -0.1) is 0 Å². The van der Waals surface area contributed by atoms with Gasteiger partial charge in [-0.2, -0.15) is 4.72 Å². The van der Waals surface area contributed by atoms with Crippen molar-refractivity contribution in [1.82, 2.24) is 10.0 Å². The molecule has 3 aromatic rings. The Morgan fingerprint density at radius 3 is 2.00 bits per heavy atom. The normalized spacial score (nSPS) is 12.4. The van der Waals surface area contributed by atoms with Gasteiger partial charge < -0.3 is 10.1 Å². The molecule has 6 nitrogen and oxygen atoms in total. The SMILES string of the molecule is CCOc1ccc(S(=O)(=O)N[C@@H](C)C(=O)NC(c2ccccc2)c2ccccc2)cc1C. The van der Waals surface area contributed by atoms with Crippen LogP contribution < -0.4 is 14.8 Å². The summed E-state index contributed by atoms with van der Waals surface area (Å²) < 4.78 is 33.7. The summed E-state index contributed by atoms with van der Waals surface area (Å²) in [5.74, 6) is 0.208. The highest BCUT2D eigenvalue weighted by molar-refractivity contribution is 7.89. The topological polar surface area (TPSA) is 84.5 Å². The van der Waals surface area contributed by atoms with Gasteiger partial charge in [0.15, 0.2) is 0 Å². The Labute approximate surface area is 189 Å². The van der Waals surface area contributed by atoms with Gasteiger partial charge in [-0.25, -0.2) is 8.42 Å². The van der Waals surface area contributed by atoms with Crippen LogP contribution in [0.1, 0.15) is 36.6 Å². The largest absolute Gasteiger partial charge is 0.494 e. The number of aryl methyl sites for hydroxylation is 1. The van der Waals surface area contributed by atoms with Gasteiger partial charge in [0.2, 0.25) is 15.9 Å². The molecular formula is C25H28N2O4S. The molecule has 0 saturated heterocycles. The third kappa shape index (κ3) is 5.75. The van der Waals surface area contributed by atoms with Crippen molar-refractivity contribution >= 4 is 15.9 Å². The van der Waals surface area contributed by atoms with Crippen LogP contribution in [0.15, 0.2) is 83.8 Å². The Morgan fingerprint density at radius 2 is 1.50 bits per heavy atom. The quantitative estimate of drug-likeness (QED) is 0.515. The molecule has 32 heavy (non-hydrogen) atoms. The predicted octanol–water partition coefficient (Wildman–Crippen LogP) is 3.97. The average molecular weight is 453 g/mol. The summed E-state index contributed by atoms with van der Waals surface area (Å²) >= 11 is 0. The van der Waals surface area contributed by atoms with Crippen molar-refractivity contribution in [3.05, 3.63) is 95.6 Å². The van der Waals surface area contributed by atoms with E-state index in [2.05, 4.69) is 10.0 Å². The van der Waals surface area contributed by atoms with E-state index in [0.717, 1.165) is 11.1 Å². The van der Waals surface area contributed by atoms with Crippen LogP contribution >= 0.6 is 0 Å². The van der Waals surface area contributed by atoms with Gasteiger partial charge in [0.05, 0.1) is 23.6 Å². The van der Waals surface area contributed by atoms with Crippen molar-refractivity contribution in [2.75, 3.05) is 6.61 Å². The van der Waals surface area contributed by atoms with E-state index in [9.17, 15) is 13.2 Å². The molecule has 0 bridgehead atoms. The molecule has 0 spiro atoms. The molecule has 1 atom stereocenters. The fraction of sp³-hybridized carbons (Fsp3) is 0.240. The van der Waals surface area contributed by atoms with Crippen LogP contribution in [0.4, 0.5) is 0 Å². The first-order valence-corrected chi connectivity index (χ1v) is 12.0. The van der Waals surface area contributed by atoms with Crippen molar-refractivity contribution < 1.29 is 17.9 Å². The molecule has 3 aromatic carbocycles. The van der Waals surface area contributed by atoms with Crippen molar-refractivity contribution in [2.24, 2.45) is 0 Å². The van der Waals surface area contributed by atoms with Crippen LogP contribution in [0.25, 0.3) is 0 Å². The number of rotatable bonds is 9. The van der Waals surface area contributed by atoms with Crippen molar-refractivity contribution in [3.63, 3.8) is 0 Å². The lowest BCUT2D eigenvalue weighted by atomic mass is 9.98. The molecule has 0 saturated carbocycles. The molecule has 2 N–H and O–H groups in total. The predicted molar refractivity (Wildman–Crippen MR) is 125 cm³/mol. The number of carbonyl (C=O) groups is 1. The zero-order valence-corrected chi connectivity index (χ0v) is 19.2. The van der Waals surface area contributed by atoms with Crippen LogP contribution in [0, 0.1) is 6.92 Å². The Bertz CT molecular complexity index is 1110. The Kier molecular flexibility index (Phi) is 7.66. The first-order valence-electron chi connectivity index (χ1n) is 10.5. The summed E-state index contributed by atoms with van der Waals surface area (Å²) in [6.45, 7) is 5.67. The highest BCUT2D eigenvalue weighted by atomic mass is 32.2. The molecule has 0 aliphatic rings. The first-order chi connectivity index (χ1) is 15.3. The standard InChI is InChI=1S/C25H28N2O4S/c1-4-31-23-16-15-22(17-18(23)2)32(29,30)27-19(3)25(28)26-24(20-11-7-5-8-12-20)21-13-9-6-10-14-21/h5-17,19,24,27H,4H2,1-3H3,(H,26,28)/t19-/m0/s1. The van der Waals surface area contributed by atoms with E-state index in [1.807, 2.05) is 67.6 Å². The number of sulfonamides is 1. The van der Waals surface area contributed by atoms with E-state index in [-0.39, 0.29) is 4.90 Å². The summed E-state index contributed by atoms with van der Waals surface area (Å²) in [5.41, 5.74) is 2.52. The smallest absolute Gasteiger partial charge is 0.241 e. The maximum absolute atomic E-state index is 13.0. The van der Waals surface area contributed by atoms with Crippen LogP contribution in [0.5, 0.6) is 5.75 Å². The Hall–Kier alpha value is -3.16. The lowest BCUT2D eigenvalue weighted by molar-refractivity contribution is -0.122. The zero-order chi connectivity index (χ0) is 23.1. The zero-order valence-electron chi connectivity index (χ0n) is 18.4. The second-order valence-corrected chi connectivity index (χ2v) is 9.18. The van der Waals surface area contributed by atoms with Crippen LogP contribution in [-0.4, -0.2) is 27.0 Å². The molecule has 0 aliphatic heterocycles. The van der Waals surface area contributed by atoms with E-state index in [4.69, 9.17) is 4.74 Å². The maximum Gasteiger partial charge on any atom is 0.241 e. The minimum atomic E-state index is -3.89. The van der Waals surface area contributed by atoms with Gasteiger partial charge in [0.25, 0.3) is 0 Å². The summed E-state index contributed by atoms with van der Waals surface area (Å²) in [4.78, 5) is 13.0. The van der Waals surface area contributed by atoms with Gasteiger partial charge in [0, 0.05) is 0 Å². The number of carbonyl (C=O) groups excluding carboxylic acids is 1. The summed E-state index contributed by atoms with van der Waals surface area (Å²) in [6, 6.07) is 22.4. The first kappa shape index (κ1) is 23.5. The molecule has 3 rings (SSSR count). The van der Waals surface area contributed by atoms with Crippen LogP contribution in [0.3, 0.4) is 0 Å². The molecular weight excluding hydrogens is 424 g/mol. The van der Waals surface area contributed by atoms with Gasteiger partial charge in [-0.05, 0) is 55.7 Å². The second-order valence-electron chi connectivity index (χ2n) is 7.47. The van der Waals surface area contributed by atoms with Gasteiger partial charge in [0.1, 0.15) is 5.75 Å². The maximum atomic E-state index is 13.0. The summed E-state index contributed by atoms with van der Waals surface area (Å²) in [6.07, 6.45) is 0. The summed E-state index contributed by atoms with van der Waals surface area (Å²) in [7, 11) is -3.89. The lowest BCUT2D eigenvalue weighted by Crippen LogP contribution is -2.46. The van der Waals surface area contributed by atoms with E-state index in [1.165, 1.54) is 19.1 Å². The third-order valence-electron chi connectivity index (χ3n) is 5.03. The van der Waals surface area contributed by atoms with Crippen LogP contribution in [-0.2, 0) is 14.8 Å². The number of hydrogen-bond donors (Lipinski definition) is 2. The van der Waals surface area contributed by atoms with Crippen molar-refractivity contribution in [2.45, 2.75) is 37.8 Å². The molecule has 0 unspecified atom stereocenters. The molecule has 0 fully saturated rings. The second kappa shape index (κ2) is 10.4. The van der Waals surface area contributed by atoms with E-state index >= 15 is 0 Å². The van der Waals surface area contributed by atoms with E-state index in [1.54, 1.807) is 13.0 Å². The molecule has 7 heteroatoms. The minimum Gasteiger partial charge on any atom is -0.494 e. The Balaban J connectivity index is 1.77. The third-order valence-corrected chi connectivity index (χ3v) is 6.57. The van der Waals surface area contributed by atoms with Gasteiger partial charge >= 0.3 is 0 Å². The number of nitrogens with one attached hydrogen (secondary N) is 2. The average Bonchev–Trinajstić information content (AvgIpc) is 2.79. The highest BCUT2D eigenvalue weighted by Gasteiger charge is 2.25. The number of ether oxygens (including phenoxy) is 1. The number of amides is 1. The molecule has 1 amide bonds. The monoisotopic (exact) mass is 452 g/mol. The van der Waals surface area contributed by atoms with Gasteiger partial charge in [-0.1, -0.05) is 60.7 Å². The number of hydrogen-bond acceptors (Lipinski definition) is 4. The van der Waals surface area contributed by atoms with Crippen LogP contribution in [0.2, 0.25) is 0 Å². The van der Waals surface area contributed by atoms with Crippen molar-refractivity contribution in [3.8, 4) is 5.75 Å². The lowest BCUT2D eigenvalue weighted by Gasteiger charge is -2.22. The van der Waals surface area contributed by atoms with E-state index < -0.39 is 28.0 Å². The molecule has 168 valence electrons. The summed E-state index contributed by atoms with van der Waals surface area (Å²) in [5, 5.41) is 2.97. The molecule has 0 radical (unpaired) electrons. The van der Waals surface area contributed by atoms with Crippen molar-refractivity contribution in [1.29, 1.82) is 0 Å². The molecule has 0 aromatic heterocycles. The van der Waals surface area contributed by atoms with E-state index in [0.29, 0.717) is 17.9 Å².